The fraction of sp³-hybridized carbons (Fsp3) is 0.632. The normalized spacial score (nSPS) is 27.9. The summed E-state index contributed by atoms with van der Waals surface area (Å²) in [7, 11) is 0. The Kier molecular flexibility index (Phi) is 5.94. The third-order valence-corrected chi connectivity index (χ3v) is 5.35. The Morgan fingerprint density at radius 2 is 2.00 bits per heavy atom. The lowest BCUT2D eigenvalue weighted by atomic mass is 9.81. The van der Waals surface area contributed by atoms with Gasteiger partial charge in [-0.2, -0.15) is 8.78 Å². The van der Waals surface area contributed by atoms with Crippen LogP contribution in [0.15, 0.2) is 18.2 Å². The first-order valence-corrected chi connectivity index (χ1v) is 9.16. The molecule has 2 atom stereocenters. The highest BCUT2D eigenvalue weighted by Gasteiger charge is 2.38. The van der Waals surface area contributed by atoms with Crippen LogP contribution in [-0.4, -0.2) is 24.7 Å². The standard InChI is InChI=1S/C19H24F3NO3/c1-2-11-3-5-14(7-11)23-18(24)12-8-15(9-12)25-17-10-13(20)4-6-16(17)26-19(21)22/h4,6,10-12,14-15,19H,2-3,5,7-9H2,1H3,(H,23,24). The second-order valence-corrected chi connectivity index (χ2v) is 7.17. The molecule has 0 heterocycles. The number of rotatable bonds is 7. The molecule has 1 N–H and O–H groups in total. The molecule has 0 bridgehead atoms. The van der Waals surface area contributed by atoms with Crippen molar-refractivity contribution in [3.8, 4) is 11.5 Å². The summed E-state index contributed by atoms with van der Waals surface area (Å²) in [5, 5.41) is 3.10. The molecule has 0 radical (unpaired) electrons. The number of benzene rings is 1. The zero-order valence-corrected chi connectivity index (χ0v) is 14.7. The third-order valence-electron chi connectivity index (χ3n) is 5.35. The quantitative estimate of drug-likeness (QED) is 0.778. The molecule has 0 aromatic heterocycles. The number of halogens is 3. The van der Waals surface area contributed by atoms with E-state index in [9.17, 15) is 18.0 Å². The second kappa shape index (κ2) is 8.18. The second-order valence-electron chi connectivity index (χ2n) is 7.17. The molecule has 2 saturated carbocycles. The molecular formula is C19H24F3NO3. The highest BCUT2D eigenvalue weighted by molar-refractivity contribution is 5.80. The maximum atomic E-state index is 13.4. The summed E-state index contributed by atoms with van der Waals surface area (Å²) in [5.41, 5.74) is 0. The summed E-state index contributed by atoms with van der Waals surface area (Å²) in [4.78, 5) is 12.3. The molecule has 4 nitrogen and oxygen atoms in total. The minimum absolute atomic E-state index is 0.0231. The lowest BCUT2D eigenvalue weighted by Gasteiger charge is -2.35. The first-order chi connectivity index (χ1) is 12.4. The smallest absolute Gasteiger partial charge is 0.387 e. The summed E-state index contributed by atoms with van der Waals surface area (Å²) in [6.07, 6.45) is 5.02. The molecule has 1 amide bonds. The van der Waals surface area contributed by atoms with Gasteiger partial charge in [-0.25, -0.2) is 4.39 Å². The number of ether oxygens (including phenoxy) is 2. The molecule has 2 aliphatic carbocycles. The van der Waals surface area contributed by atoms with Crippen LogP contribution in [0.4, 0.5) is 13.2 Å². The molecule has 2 unspecified atom stereocenters. The van der Waals surface area contributed by atoms with E-state index >= 15 is 0 Å². The number of carbonyl (C=O) groups is 1. The Balaban J connectivity index is 1.48. The average molecular weight is 371 g/mol. The van der Waals surface area contributed by atoms with Gasteiger partial charge in [0.15, 0.2) is 11.5 Å². The van der Waals surface area contributed by atoms with Crippen molar-refractivity contribution < 1.29 is 27.4 Å². The van der Waals surface area contributed by atoms with E-state index in [0.717, 1.165) is 43.9 Å². The number of nitrogens with one attached hydrogen (secondary N) is 1. The zero-order chi connectivity index (χ0) is 18.7. The van der Waals surface area contributed by atoms with Gasteiger partial charge in [-0.3, -0.25) is 4.79 Å². The summed E-state index contributed by atoms with van der Waals surface area (Å²) < 4.78 is 48.1. The fourth-order valence-corrected chi connectivity index (χ4v) is 3.72. The van der Waals surface area contributed by atoms with E-state index in [1.54, 1.807) is 0 Å². The maximum Gasteiger partial charge on any atom is 0.387 e. The topological polar surface area (TPSA) is 47.6 Å². The highest BCUT2D eigenvalue weighted by Crippen LogP contribution is 2.37. The van der Waals surface area contributed by atoms with Gasteiger partial charge >= 0.3 is 6.61 Å². The van der Waals surface area contributed by atoms with E-state index in [2.05, 4.69) is 17.0 Å². The van der Waals surface area contributed by atoms with E-state index in [4.69, 9.17) is 4.74 Å². The molecule has 1 aromatic carbocycles. The van der Waals surface area contributed by atoms with Gasteiger partial charge in [-0.15, -0.1) is 0 Å². The Bertz CT molecular complexity index is 634. The van der Waals surface area contributed by atoms with Crippen molar-refractivity contribution >= 4 is 5.91 Å². The van der Waals surface area contributed by atoms with Gasteiger partial charge in [0.1, 0.15) is 11.9 Å². The van der Waals surface area contributed by atoms with Crippen molar-refractivity contribution in [3.63, 3.8) is 0 Å². The van der Waals surface area contributed by atoms with Gasteiger partial charge in [0.05, 0.1) is 0 Å². The number of alkyl halides is 2. The molecule has 7 heteroatoms. The highest BCUT2D eigenvalue weighted by atomic mass is 19.3. The van der Waals surface area contributed by atoms with Crippen LogP contribution in [0.2, 0.25) is 0 Å². The Morgan fingerprint density at radius 1 is 1.23 bits per heavy atom. The molecule has 2 fully saturated rings. The van der Waals surface area contributed by atoms with Crippen LogP contribution >= 0.6 is 0 Å². The predicted molar refractivity (Wildman–Crippen MR) is 89.7 cm³/mol. The summed E-state index contributed by atoms with van der Waals surface area (Å²) >= 11 is 0. The van der Waals surface area contributed by atoms with Crippen molar-refractivity contribution in [3.05, 3.63) is 24.0 Å². The van der Waals surface area contributed by atoms with Crippen molar-refractivity contribution in [1.82, 2.24) is 5.32 Å². The Morgan fingerprint density at radius 3 is 2.65 bits per heavy atom. The molecule has 0 saturated heterocycles. The van der Waals surface area contributed by atoms with E-state index in [1.165, 1.54) is 0 Å². The number of hydrogen-bond acceptors (Lipinski definition) is 3. The summed E-state index contributed by atoms with van der Waals surface area (Å²) in [6.45, 7) is -0.845. The van der Waals surface area contributed by atoms with E-state index in [-0.39, 0.29) is 35.5 Å². The van der Waals surface area contributed by atoms with E-state index in [0.29, 0.717) is 18.8 Å². The SMILES string of the molecule is CCC1CCC(NC(=O)C2CC(Oc3cc(F)ccc3OC(F)F)C2)C1. The molecular weight excluding hydrogens is 347 g/mol. The van der Waals surface area contributed by atoms with Crippen LogP contribution in [0.1, 0.15) is 45.4 Å². The maximum absolute atomic E-state index is 13.4. The first-order valence-electron chi connectivity index (χ1n) is 9.16. The van der Waals surface area contributed by atoms with Crippen LogP contribution in [0.3, 0.4) is 0 Å². The molecule has 144 valence electrons. The van der Waals surface area contributed by atoms with E-state index < -0.39 is 12.4 Å². The van der Waals surface area contributed by atoms with Gasteiger partial charge in [-0.05, 0) is 50.2 Å². The van der Waals surface area contributed by atoms with Crippen molar-refractivity contribution in [1.29, 1.82) is 0 Å². The Labute approximate surface area is 151 Å². The van der Waals surface area contributed by atoms with Gasteiger partial charge in [0.2, 0.25) is 5.91 Å². The third kappa shape index (κ3) is 4.62. The molecule has 26 heavy (non-hydrogen) atoms. The van der Waals surface area contributed by atoms with Gasteiger partial charge in [0, 0.05) is 18.0 Å². The van der Waals surface area contributed by atoms with Crippen LogP contribution in [0.25, 0.3) is 0 Å². The van der Waals surface area contributed by atoms with Crippen molar-refractivity contribution in [2.75, 3.05) is 0 Å². The van der Waals surface area contributed by atoms with Gasteiger partial charge < -0.3 is 14.8 Å². The minimum atomic E-state index is -3.01. The molecule has 3 rings (SSSR count). The first kappa shape index (κ1) is 18.9. The lowest BCUT2D eigenvalue weighted by molar-refractivity contribution is -0.131. The number of hydrogen-bond donors (Lipinski definition) is 1. The largest absolute Gasteiger partial charge is 0.486 e. The fourth-order valence-electron chi connectivity index (χ4n) is 3.72. The van der Waals surface area contributed by atoms with Crippen molar-refractivity contribution in [2.45, 2.75) is 64.2 Å². The molecule has 0 spiro atoms. The van der Waals surface area contributed by atoms with Crippen LogP contribution < -0.4 is 14.8 Å². The minimum Gasteiger partial charge on any atom is -0.486 e. The Hall–Kier alpha value is -1.92. The number of amides is 1. The zero-order valence-electron chi connectivity index (χ0n) is 14.7. The van der Waals surface area contributed by atoms with Gasteiger partial charge in [-0.1, -0.05) is 13.3 Å². The summed E-state index contributed by atoms with van der Waals surface area (Å²) in [6, 6.07) is 3.42. The predicted octanol–water partition coefficient (Wildman–Crippen LogP) is 4.28. The lowest BCUT2D eigenvalue weighted by Crippen LogP contribution is -2.46. The average Bonchev–Trinajstić information content (AvgIpc) is 2.99. The monoisotopic (exact) mass is 371 g/mol. The molecule has 0 aliphatic heterocycles. The van der Waals surface area contributed by atoms with Crippen LogP contribution in [0.5, 0.6) is 11.5 Å². The number of carbonyl (C=O) groups excluding carboxylic acids is 1. The summed E-state index contributed by atoms with van der Waals surface area (Å²) in [5.74, 6) is -0.286. The molecule has 1 aromatic rings. The van der Waals surface area contributed by atoms with E-state index in [1.807, 2.05) is 0 Å². The van der Waals surface area contributed by atoms with Crippen LogP contribution in [0, 0.1) is 17.7 Å². The molecule has 2 aliphatic rings. The van der Waals surface area contributed by atoms with Gasteiger partial charge in [0.25, 0.3) is 0 Å². The van der Waals surface area contributed by atoms with Crippen molar-refractivity contribution in [2.24, 2.45) is 11.8 Å². The van der Waals surface area contributed by atoms with Crippen LogP contribution in [-0.2, 0) is 4.79 Å².